The van der Waals surface area contributed by atoms with Gasteiger partial charge >= 0.3 is 6.18 Å². The van der Waals surface area contributed by atoms with Gasteiger partial charge in [-0.15, -0.1) is 11.6 Å². The van der Waals surface area contributed by atoms with Crippen LogP contribution in [0, 0.1) is 5.92 Å². The number of ether oxygens (including phenoxy) is 2. The van der Waals surface area contributed by atoms with Crippen LogP contribution < -0.4 is 9.47 Å². The lowest BCUT2D eigenvalue weighted by atomic mass is 9.78. The van der Waals surface area contributed by atoms with E-state index < -0.39 is 18.9 Å². The largest absolute Gasteiger partial charge is 0.493 e. The summed E-state index contributed by atoms with van der Waals surface area (Å²) in [5.41, 5.74) is 1.72. The van der Waals surface area contributed by atoms with Crippen molar-refractivity contribution in [2.45, 2.75) is 38.5 Å². The van der Waals surface area contributed by atoms with Gasteiger partial charge in [0, 0.05) is 17.2 Å². The zero-order valence-corrected chi connectivity index (χ0v) is 17.4. The third kappa shape index (κ3) is 6.54. The van der Waals surface area contributed by atoms with E-state index in [0.717, 1.165) is 16.9 Å². The van der Waals surface area contributed by atoms with Gasteiger partial charge in [0.2, 0.25) is 0 Å². The van der Waals surface area contributed by atoms with Crippen molar-refractivity contribution in [1.29, 1.82) is 0 Å². The Morgan fingerprint density at radius 3 is 1.66 bits per heavy atom. The second-order valence-electron chi connectivity index (χ2n) is 7.61. The Morgan fingerprint density at radius 1 is 0.862 bits per heavy atom. The molecule has 2 rings (SSSR count). The van der Waals surface area contributed by atoms with Crippen molar-refractivity contribution in [3.8, 4) is 11.5 Å². The lowest BCUT2D eigenvalue weighted by molar-refractivity contribution is -0.210. The summed E-state index contributed by atoms with van der Waals surface area (Å²) in [5.74, 6) is 1.85. The summed E-state index contributed by atoms with van der Waals surface area (Å²) in [6.07, 6.45) is -7.20. The van der Waals surface area contributed by atoms with E-state index in [2.05, 4.69) is 13.8 Å². The zero-order valence-electron chi connectivity index (χ0n) is 16.7. The molecule has 0 aliphatic heterocycles. The second-order valence-corrected chi connectivity index (χ2v) is 7.92. The van der Waals surface area contributed by atoms with Crippen LogP contribution in [0.4, 0.5) is 13.2 Å². The first-order valence-corrected chi connectivity index (χ1v) is 9.85. The van der Waals surface area contributed by atoms with Crippen molar-refractivity contribution < 1.29 is 27.8 Å². The van der Waals surface area contributed by atoms with Crippen molar-refractivity contribution in [1.82, 2.24) is 0 Å². The van der Waals surface area contributed by atoms with Crippen LogP contribution in [0.1, 0.15) is 31.9 Å². The SMILES string of the molecule is CC(CCl)COc1ccc(C(C)(C)c2ccc(OCC(O)C(F)(F)F)cc2)cc1. The molecule has 0 saturated heterocycles. The van der Waals surface area contributed by atoms with Gasteiger partial charge in [-0.25, -0.2) is 0 Å². The number of hydrogen-bond donors (Lipinski definition) is 1. The average molecular weight is 431 g/mol. The fraction of sp³-hybridized carbons (Fsp3) is 0.455. The summed E-state index contributed by atoms with van der Waals surface area (Å²) in [6.45, 7) is 5.85. The predicted molar refractivity (Wildman–Crippen MR) is 108 cm³/mol. The van der Waals surface area contributed by atoms with Gasteiger partial charge in [-0.3, -0.25) is 0 Å². The highest BCUT2D eigenvalue weighted by molar-refractivity contribution is 6.18. The molecule has 2 aromatic rings. The molecule has 0 spiro atoms. The average Bonchev–Trinajstić information content (AvgIpc) is 2.70. The fourth-order valence-electron chi connectivity index (χ4n) is 2.66. The van der Waals surface area contributed by atoms with E-state index in [1.165, 1.54) is 0 Å². The van der Waals surface area contributed by atoms with Crippen molar-refractivity contribution >= 4 is 11.6 Å². The quantitative estimate of drug-likeness (QED) is 0.529. The van der Waals surface area contributed by atoms with Crippen LogP contribution >= 0.6 is 11.6 Å². The Bertz CT molecular complexity index is 758. The number of halogens is 4. The van der Waals surface area contributed by atoms with Crippen LogP contribution in [-0.2, 0) is 5.41 Å². The molecule has 2 atom stereocenters. The number of aliphatic hydroxyl groups excluding tert-OH is 1. The number of rotatable bonds is 9. The summed E-state index contributed by atoms with van der Waals surface area (Å²) >= 11 is 5.79. The van der Waals surface area contributed by atoms with Crippen molar-refractivity contribution in [3.63, 3.8) is 0 Å². The minimum Gasteiger partial charge on any atom is -0.493 e. The molecule has 0 heterocycles. The van der Waals surface area contributed by atoms with Gasteiger partial charge in [-0.2, -0.15) is 13.2 Å². The Hall–Kier alpha value is -1.92. The Kier molecular flexibility index (Phi) is 7.83. The molecular formula is C22H26ClF3O3. The number of aliphatic hydroxyl groups is 1. The topological polar surface area (TPSA) is 38.7 Å². The van der Waals surface area contributed by atoms with Crippen molar-refractivity contribution in [2.75, 3.05) is 19.1 Å². The summed E-state index contributed by atoms with van der Waals surface area (Å²) in [7, 11) is 0. The molecule has 0 aromatic heterocycles. The molecular weight excluding hydrogens is 405 g/mol. The molecule has 2 unspecified atom stereocenters. The van der Waals surface area contributed by atoms with Crippen LogP contribution in [0.5, 0.6) is 11.5 Å². The molecule has 0 saturated carbocycles. The Morgan fingerprint density at radius 2 is 1.28 bits per heavy atom. The van der Waals surface area contributed by atoms with E-state index in [9.17, 15) is 13.2 Å². The van der Waals surface area contributed by atoms with Gasteiger partial charge in [0.05, 0.1) is 6.61 Å². The molecule has 0 bridgehead atoms. The number of hydrogen-bond acceptors (Lipinski definition) is 3. The molecule has 0 aliphatic rings. The first kappa shape index (κ1) is 23.4. The van der Waals surface area contributed by atoms with Crippen LogP contribution in [0.25, 0.3) is 0 Å². The maximum atomic E-state index is 12.3. The number of benzene rings is 2. The smallest absolute Gasteiger partial charge is 0.417 e. The lowest BCUT2D eigenvalue weighted by Crippen LogP contribution is -2.34. The summed E-state index contributed by atoms with van der Waals surface area (Å²) in [4.78, 5) is 0. The van der Waals surface area contributed by atoms with Gasteiger partial charge in [0.25, 0.3) is 0 Å². The molecule has 0 fully saturated rings. The molecule has 3 nitrogen and oxygen atoms in total. The third-order valence-electron chi connectivity index (χ3n) is 4.74. The molecule has 160 valence electrons. The van der Waals surface area contributed by atoms with E-state index >= 15 is 0 Å². The Balaban J connectivity index is 2.03. The summed E-state index contributed by atoms with van der Waals surface area (Å²) in [5, 5.41) is 9.02. The van der Waals surface area contributed by atoms with E-state index in [-0.39, 0.29) is 17.1 Å². The minimum atomic E-state index is -4.69. The minimum absolute atomic E-state index is 0.269. The normalized spacial score (nSPS) is 14.3. The summed E-state index contributed by atoms with van der Waals surface area (Å²) in [6, 6.07) is 14.6. The van der Waals surface area contributed by atoms with E-state index in [0.29, 0.717) is 12.5 Å². The molecule has 0 amide bonds. The maximum absolute atomic E-state index is 12.3. The van der Waals surface area contributed by atoms with Crippen LogP contribution in [0.2, 0.25) is 0 Å². The first-order chi connectivity index (χ1) is 13.5. The van der Waals surface area contributed by atoms with Gasteiger partial charge in [-0.05, 0) is 35.4 Å². The second kappa shape index (κ2) is 9.72. The molecule has 1 N–H and O–H groups in total. The van der Waals surface area contributed by atoms with Gasteiger partial charge < -0.3 is 14.6 Å². The molecule has 2 aromatic carbocycles. The van der Waals surface area contributed by atoms with Crippen LogP contribution in [0.15, 0.2) is 48.5 Å². The Labute approximate surface area is 174 Å². The summed E-state index contributed by atoms with van der Waals surface area (Å²) < 4.78 is 47.8. The monoisotopic (exact) mass is 430 g/mol. The highest BCUT2D eigenvalue weighted by Crippen LogP contribution is 2.33. The molecule has 29 heavy (non-hydrogen) atoms. The van der Waals surface area contributed by atoms with Gasteiger partial charge in [-0.1, -0.05) is 45.0 Å². The third-order valence-corrected chi connectivity index (χ3v) is 5.26. The molecule has 0 radical (unpaired) electrons. The van der Waals surface area contributed by atoms with E-state index in [4.69, 9.17) is 26.2 Å². The highest BCUT2D eigenvalue weighted by atomic mass is 35.5. The van der Waals surface area contributed by atoms with Crippen molar-refractivity contribution in [3.05, 3.63) is 59.7 Å². The van der Waals surface area contributed by atoms with E-state index in [1.807, 2.05) is 43.3 Å². The van der Waals surface area contributed by atoms with Crippen LogP contribution in [-0.4, -0.2) is 36.5 Å². The van der Waals surface area contributed by atoms with Crippen molar-refractivity contribution in [2.24, 2.45) is 5.92 Å². The maximum Gasteiger partial charge on any atom is 0.417 e. The fourth-order valence-corrected chi connectivity index (χ4v) is 2.74. The number of alkyl halides is 4. The van der Waals surface area contributed by atoms with Crippen LogP contribution in [0.3, 0.4) is 0 Å². The standard InChI is InChI=1S/C22H26ClF3O3/c1-15(12-23)13-28-18-8-4-16(5-9-18)21(2,3)17-6-10-19(11-7-17)29-14-20(27)22(24,25)26/h4-11,15,20,27H,12-14H2,1-3H3. The van der Waals surface area contributed by atoms with Gasteiger partial charge in [0.15, 0.2) is 6.10 Å². The zero-order chi connectivity index (χ0) is 21.7. The first-order valence-electron chi connectivity index (χ1n) is 9.31. The molecule has 0 aliphatic carbocycles. The highest BCUT2D eigenvalue weighted by Gasteiger charge is 2.38. The lowest BCUT2D eigenvalue weighted by Gasteiger charge is -2.26. The van der Waals surface area contributed by atoms with Gasteiger partial charge in [0.1, 0.15) is 18.1 Å². The molecule has 7 heteroatoms. The van der Waals surface area contributed by atoms with E-state index in [1.54, 1.807) is 12.1 Å². The predicted octanol–water partition coefficient (Wildman–Crippen LogP) is 5.57.